The summed E-state index contributed by atoms with van der Waals surface area (Å²) in [5.41, 5.74) is 0. The summed E-state index contributed by atoms with van der Waals surface area (Å²) in [6.45, 7) is -0.458. The van der Waals surface area contributed by atoms with Crippen LogP contribution in [-0.2, 0) is 0 Å². The Bertz CT molecular complexity index is 258. The Labute approximate surface area is 116 Å². The summed E-state index contributed by atoms with van der Waals surface area (Å²) >= 11 is 0. The third-order valence-electron chi connectivity index (χ3n) is 5.39. The summed E-state index contributed by atoms with van der Waals surface area (Å²) in [6.07, 6.45) is 14.8. The minimum atomic E-state index is -0.321. The molecule has 0 bridgehead atoms. The molecule has 0 aromatic rings. The molecule has 0 aliphatic heterocycles. The lowest BCUT2D eigenvalue weighted by atomic mass is 9.69. The lowest BCUT2D eigenvalue weighted by Gasteiger charge is -2.37. The Morgan fingerprint density at radius 1 is 0.789 bits per heavy atom. The molecular formula is C17H28F2. The smallest absolute Gasteiger partial charge is 0.108 e. The van der Waals surface area contributed by atoms with Gasteiger partial charge in [-0.2, -0.15) is 0 Å². The van der Waals surface area contributed by atoms with Gasteiger partial charge in [-0.1, -0.05) is 25.0 Å². The van der Waals surface area contributed by atoms with Crippen LogP contribution in [0.3, 0.4) is 0 Å². The van der Waals surface area contributed by atoms with Crippen LogP contribution >= 0.6 is 0 Å². The first-order valence-corrected chi connectivity index (χ1v) is 8.12. The number of hydrogen-bond donors (Lipinski definition) is 0. The van der Waals surface area contributed by atoms with E-state index in [9.17, 15) is 8.78 Å². The minimum Gasteiger partial charge on any atom is -0.251 e. The fourth-order valence-corrected chi connectivity index (χ4v) is 4.16. The van der Waals surface area contributed by atoms with E-state index in [4.69, 9.17) is 0 Å². The Kier molecular flexibility index (Phi) is 6.33. The molecule has 0 atom stereocenters. The van der Waals surface area contributed by atoms with Gasteiger partial charge in [-0.3, -0.25) is 4.39 Å². The van der Waals surface area contributed by atoms with Crippen LogP contribution in [0, 0.1) is 23.7 Å². The first-order valence-electron chi connectivity index (χ1n) is 8.12. The van der Waals surface area contributed by atoms with Crippen molar-refractivity contribution in [3.05, 3.63) is 12.2 Å². The Hall–Kier alpha value is -0.400. The van der Waals surface area contributed by atoms with E-state index in [0.29, 0.717) is 11.8 Å². The highest BCUT2D eigenvalue weighted by Crippen LogP contribution is 2.42. The van der Waals surface area contributed by atoms with E-state index in [1.807, 2.05) is 0 Å². The van der Waals surface area contributed by atoms with E-state index in [0.717, 1.165) is 18.3 Å². The van der Waals surface area contributed by atoms with Crippen molar-refractivity contribution in [3.8, 4) is 0 Å². The molecule has 0 aromatic carbocycles. The maximum Gasteiger partial charge on any atom is 0.108 e. The zero-order chi connectivity index (χ0) is 13.5. The normalized spacial score (nSPS) is 36.7. The monoisotopic (exact) mass is 270 g/mol. The number of allylic oxidation sites excluding steroid dienone is 2. The van der Waals surface area contributed by atoms with Gasteiger partial charge in [-0.25, -0.2) is 4.39 Å². The quantitative estimate of drug-likeness (QED) is 0.580. The van der Waals surface area contributed by atoms with Gasteiger partial charge in [-0.15, -0.1) is 0 Å². The van der Waals surface area contributed by atoms with Gasteiger partial charge in [0, 0.05) is 0 Å². The van der Waals surface area contributed by atoms with Crippen LogP contribution in [0.1, 0.15) is 57.8 Å². The second kappa shape index (κ2) is 8.01. The summed E-state index contributed by atoms with van der Waals surface area (Å²) < 4.78 is 24.4. The maximum absolute atomic E-state index is 12.3. The topological polar surface area (TPSA) is 0 Å². The highest BCUT2D eigenvalue weighted by Gasteiger charge is 2.30. The molecule has 2 saturated carbocycles. The number of alkyl halides is 2. The third kappa shape index (κ3) is 4.57. The van der Waals surface area contributed by atoms with E-state index in [1.54, 1.807) is 6.08 Å². The highest BCUT2D eigenvalue weighted by molar-refractivity contribution is 4.92. The lowest BCUT2D eigenvalue weighted by Crippen LogP contribution is -2.25. The van der Waals surface area contributed by atoms with Gasteiger partial charge in [0.25, 0.3) is 0 Å². The van der Waals surface area contributed by atoms with Crippen LogP contribution in [0.2, 0.25) is 0 Å². The van der Waals surface area contributed by atoms with Crippen LogP contribution in [0.25, 0.3) is 0 Å². The van der Waals surface area contributed by atoms with Gasteiger partial charge in [0.2, 0.25) is 0 Å². The van der Waals surface area contributed by atoms with Crippen LogP contribution in [0.4, 0.5) is 8.78 Å². The molecule has 2 rings (SSSR count). The number of rotatable bonds is 5. The van der Waals surface area contributed by atoms with Crippen molar-refractivity contribution < 1.29 is 8.78 Å². The SMILES string of the molecule is FC/C=C/C1CCC(C2CCC(CCF)CC2)CC1. The van der Waals surface area contributed by atoms with Gasteiger partial charge >= 0.3 is 0 Å². The van der Waals surface area contributed by atoms with E-state index in [-0.39, 0.29) is 13.3 Å². The molecule has 0 nitrogen and oxygen atoms in total. The Morgan fingerprint density at radius 3 is 1.89 bits per heavy atom. The Balaban J connectivity index is 1.69. The van der Waals surface area contributed by atoms with Crippen molar-refractivity contribution in [1.29, 1.82) is 0 Å². The molecule has 19 heavy (non-hydrogen) atoms. The number of halogens is 2. The molecule has 2 aliphatic carbocycles. The van der Waals surface area contributed by atoms with Crippen LogP contribution in [0.5, 0.6) is 0 Å². The first kappa shape index (κ1) is 15.0. The predicted molar refractivity (Wildman–Crippen MR) is 76.6 cm³/mol. The standard InChI is InChI=1S/C17H28F2/c18-12-1-2-14-3-7-16(8-4-14)17-9-5-15(6-10-17)11-13-19/h1-2,14-17H,3-13H2/b2-1+. The molecule has 2 fully saturated rings. The molecule has 0 N–H and O–H groups in total. The molecule has 0 aromatic heterocycles. The van der Waals surface area contributed by atoms with Crippen LogP contribution in [0.15, 0.2) is 12.2 Å². The lowest BCUT2D eigenvalue weighted by molar-refractivity contribution is 0.149. The van der Waals surface area contributed by atoms with Crippen molar-refractivity contribution >= 4 is 0 Å². The van der Waals surface area contributed by atoms with E-state index >= 15 is 0 Å². The fraction of sp³-hybridized carbons (Fsp3) is 0.882. The fourth-order valence-electron chi connectivity index (χ4n) is 4.16. The molecule has 110 valence electrons. The second-order valence-electron chi connectivity index (χ2n) is 6.52. The van der Waals surface area contributed by atoms with Crippen molar-refractivity contribution in [2.24, 2.45) is 23.7 Å². The van der Waals surface area contributed by atoms with Crippen molar-refractivity contribution in [2.75, 3.05) is 13.3 Å². The minimum absolute atomic E-state index is 0.138. The molecule has 0 unspecified atom stereocenters. The van der Waals surface area contributed by atoms with Crippen LogP contribution in [-0.4, -0.2) is 13.3 Å². The zero-order valence-corrected chi connectivity index (χ0v) is 12.0. The van der Waals surface area contributed by atoms with Crippen molar-refractivity contribution in [1.82, 2.24) is 0 Å². The predicted octanol–water partition coefficient (Wildman–Crippen LogP) is 5.48. The van der Waals surface area contributed by atoms with Gasteiger partial charge in [0.1, 0.15) is 6.67 Å². The van der Waals surface area contributed by atoms with Gasteiger partial charge in [0.15, 0.2) is 0 Å². The summed E-state index contributed by atoms with van der Waals surface area (Å²) in [6, 6.07) is 0. The van der Waals surface area contributed by atoms with Gasteiger partial charge < -0.3 is 0 Å². The van der Waals surface area contributed by atoms with Crippen LogP contribution < -0.4 is 0 Å². The average molecular weight is 270 g/mol. The molecule has 0 amide bonds. The van der Waals surface area contributed by atoms with Gasteiger partial charge in [-0.05, 0) is 68.6 Å². The molecule has 2 aliphatic rings. The average Bonchev–Trinajstić information content (AvgIpc) is 2.47. The number of hydrogen-bond acceptors (Lipinski definition) is 0. The summed E-state index contributed by atoms with van der Waals surface area (Å²) in [5, 5.41) is 0. The highest BCUT2D eigenvalue weighted by atomic mass is 19.1. The molecule has 2 heteroatoms. The molecule has 0 spiro atoms. The van der Waals surface area contributed by atoms with Crippen molar-refractivity contribution in [3.63, 3.8) is 0 Å². The summed E-state index contributed by atoms with van der Waals surface area (Å²) in [5.74, 6) is 3.06. The third-order valence-corrected chi connectivity index (χ3v) is 5.39. The largest absolute Gasteiger partial charge is 0.251 e. The van der Waals surface area contributed by atoms with E-state index < -0.39 is 0 Å². The first-order chi connectivity index (χ1) is 9.33. The molecular weight excluding hydrogens is 242 g/mol. The van der Waals surface area contributed by atoms with Gasteiger partial charge in [0.05, 0.1) is 6.67 Å². The summed E-state index contributed by atoms with van der Waals surface area (Å²) in [4.78, 5) is 0. The van der Waals surface area contributed by atoms with Crippen molar-refractivity contribution in [2.45, 2.75) is 57.8 Å². The molecule has 0 heterocycles. The van der Waals surface area contributed by atoms with E-state index in [1.165, 1.54) is 51.4 Å². The molecule has 0 saturated heterocycles. The second-order valence-corrected chi connectivity index (χ2v) is 6.52. The maximum atomic E-state index is 12.3. The molecule has 0 radical (unpaired) electrons. The van der Waals surface area contributed by atoms with E-state index in [2.05, 4.69) is 6.08 Å². The summed E-state index contributed by atoms with van der Waals surface area (Å²) in [7, 11) is 0. The zero-order valence-electron chi connectivity index (χ0n) is 12.0. The Morgan fingerprint density at radius 2 is 1.37 bits per heavy atom.